The van der Waals surface area contributed by atoms with Crippen LogP contribution in [-0.4, -0.2) is 13.0 Å². The minimum Gasteiger partial charge on any atom is -0.314 e. The molecule has 0 spiro atoms. The average Bonchev–Trinajstić information content (AvgIpc) is 2.55. The van der Waals surface area contributed by atoms with Crippen molar-refractivity contribution in [2.45, 2.75) is 6.42 Å². The highest BCUT2D eigenvalue weighted by molar-refractivity contribution is 14.0. The third-order valence-corrected chi connectivity index (χ3v) is 3.04. The summed E-state index contributed by atoms with van der Waals surface area (Å²) in [6.07, 6.45) is 0.538. The second kappa shape index (κ2) is 4.05. The normalized spacial score (nSPS) is 13.8. The number of likely N-dealkylation sites (N-methyl/N-ethyl adjacent to an activating group) is 1. The first-order valence-electron chi connectivity index (χ1n) is 5.04. The van der Waals surface area contributed by atoms with Gasteiger partial charge in [-0.25, -0.2) is 0 Å². The molecule has 82 valence electrons. The maximum atomic E-state index is 11.6. The van der Waals surface area contributed by atoms with Crippen LogP contribution in [0.15, 0.2) is 36.4 Å². The van der Waals surface area contributed by atoms with Crippen molar-refractivity contribution in [2.75, 3.05) is 11.9 Å². The topological polar surface area (TPSA) is 20.3 Å². The summed E-state index contributed by atoms with van der Waals surface area (Å²) < 4.78 is 0. The minimum atomic E-state index is 0. The number of fused-ring (bicyclic) bond motifs is 3. The van der Waals surface area contributed by atoms with Crippen molar-refractivity contribution in [3.8, 4) is 0 Å². The van der Waals surface area contributed by atoms with Crippen LogP contribution in [0.3, 0.4) is 0 Å². The molecule has 1 amide bonds. The molecule has 0 unspecified atom stereocenters. The largest absolute Gasteiger partial charge is 0.314 e. The van der Waals surface area contributed by atoms with Crippen LogP contribution in [0, 0.1) is 0 Å². The quantitative estimate of drug-likeness (QED) is 0.682. The monoisotopic (exact) mass is 325 g/mol. The van der Waals surface area contributed by atoms with E-state index in [1.54, 1.807) is 4.90 Å². The van der Waals surface area contributed by atoms with Crippen LogP contribution in [0.5, 0.6) is 0 Å². The summed E-state index contributed by atoms with van der Waals surface area (Å²) in [6, 6.07) is 12.3. The van der Waals surface area contributed by atoms with Gasteiger partial charge >= 0.3 is 0 Å². The molecule has 1 aliphatic rings. The maximum Gasteiger partial charge on any atom is 0.231 e. The van der Waals surface area contributed by atoms with Gasteiger partial charge in [-0.1, -0.05) is 36.4 Å². The Morgan fingerprint density at radius 3 is 2.69 bits per heavy atom. The molecule has 16 heavy (non-hydrogen) atoms. The van der Waals surface area contributed by atoms with Gasteiger partial charge in [-0.05, 0) is 10.9 Å². The van der Waals surface area contributed by atoms with Gasteiger partial charge in [-0.3, -0.25) is 4.79 Å². The van der Waals surface area contributed by atoms with E-state index in [4.69, 9.17) is 0 Å². The Morgan fingerprint density at radius 1 is 1.12 bits per heavy atom. The van der Waals surface area contributed by atoms with Crippen LogP contribution >= 0.6 is 24.0 Å². The first-order valence-corrected chi connectivity index (χ1v) is 5.04. The van der Waals surface area contributed by atoms with Crippen molar-refractivity contribution < 1.29 is 4.79 Å². The van der Waals surface area contributed by atoms with Crippen LogP contribution in [-0.2, 0) is 11.2 Å². The molecule has 0 bridgehead atoms. The fourth-order valence-corrected chi connectivity index (χ4v) is 2.25. The SMILES string of the molecule is CN1C(=O)Cc2ccc3ccccc3c21.I. The van der Waals surface area contributed by atoms with E-state index in [2.05, 4.69) is 24.3 Å². The van der Waals surface area contributed by atoms with Gasteiger partial charge in [0.05, 0.1) is 12.1 Å². The Labute approximate surface area is 111 Å². The number of anilines is 1. The molecular formula is C13H12INO. The number of hydrogen-bond donors (Lipinski definition) is 0. The first-order chi connectivity index (χ1) is 7.27. The summed E-state index contributed by atoms with van der Waals surface area (Å²) in [5.41, 5.74) is 2.22. The van der Waals surface area contributed by atoms with E-state index < -0.39 is 0 Å². The number of carbonyl (C=O) groups is 1. The number of amides is 1. The molecule has 1 aliphatic heterocycles. The van der Waals surface area contributed by atoms with Gasteiger partial charge in [0.1, 0.15) is 0 Å². The Hall–Kier alpha value is -1.10. The molecule has 0 saturated heterocycles. The second-order valence-corrected chi connectivity index (χ2v) is 3.92. The maximum absolute atomic E-state index is 11.6. The highest BCUT2D eigenvalue weighted by atomic mass is 127. The third kappa shape index (κ3) is 1.50. The molecule has 0 radical (unpaired) electrons. The number of halogens is 1. The molecule has 1 heterocycles. The summed E-state index contributed by atoms with van der Waals surface area (Å²) in [6.45, 7) is 0. The fraction of sp³-hybridized carbons (Fsp3) is 0.154. The van der Waals surface area contributed by atoms with E-state index >= 15 is 0 Å². The molecule has 0 N–H and O–H groups in total. The van der Waals surface area contributed by atoms with E-state index in [-0.39, 0.29) is 29.9 Å². The van der Waals surface area contributed by atoms with Crippen molar-refractivity contribution in [3.05, 3.63) is 42.0 Å². The predicted molar refractivity (Wildman–Crippen MR) is 76.5 cm³/mol. The molecule has 0 saturated carbocycles. The smallest absolute Gasteiger partial charge is 0.231 e. The first kappa shape index (κ1) is 11.4. The molecule has 2 aromatic rings. The van der Waals surface area contributed by atoms with Gasteiger partial charge in [0, 0.05) is 12.4 Å². The van der Waals surface area contributed by atoms with E-state index in [1.165, 1.54) is 10.8 Å². The van der Waals surface area contributed by atoms with Crippen LogP contribution in [0.2, 0.25) is 0 Å². The summed E-state index contributed by atoms with van der Waals surface area (Å²) in [5.74, 6) is 0.182. The number of hydrogen-bond acceptors (Lipinski definition) is 1. The number of carbonyl (C=O) groups excluding carboxylic acids is 1. The van der Waals surface area contributed by atoms with Crippen molar-refractivity contribution in [1.82, 2.24) is 0 Å². The highest BCUT2D eigenvalue weighted by Gasteiger charge is 2.25. The van der Waals surface area contributed by atoms with E-state index in [9.17, 15) is 4.79 Å². The van der Waals surface area contributed by atoms with Gasteiger partial charge in [0.15, 0.2) is 0 Å². The van der Waals surface area contributed by atoms with Gasteiger partial charge in [-0.15, -0.1) is 24.0 Å². The third-order valence-electron chi connectivity index (χ3n) is 3.04. The summed E-state index contributed by atoms with van der Waals surface area (Å²) >= 11 is 0. The van der Waals surface area contributed by atoms with Crippen LogP contribution in [0.25, 0.3) is 10.8 Å². The molecule has 2 nitrogen and oxygen atoms in total. The van der Waals surface area contributed by atoms with Crippen molar-refractivity contribution in [2.24, 2.45) is 0 Å². The summed E-state index contributed by atoms with van der Waals surface area (Å²) in [5, 5.41) is 2.36. The molecule has 2 aromatic carbocycles. The zero-order chi connectivity index (χ0) is 10.4. The van der Waals surface area contributed by atoms with Gasteiger partial charge in [0.25, 0.3) is 0 Å². The Bertz CT molecular complexity index is 565. The Morgan fingerprint density at radius 2 is 1.88 bits per heavy atom. The Kier molecular flexibility index (Phi) is 2.88. The van der Waals surface area contributed by atoms with E-state index in [0.717, 1.165) is 11.3 Å². The van der Waals surface area contributed by atoms with E-state index in [0.29, 0.717) is 6.42 Å². The van der Waals surface area contributed by atoms with Crippen molar-refractivity contribution in [1.29, 1.82) is 0 Å². The second-order valence-electron chi connectivity index (χ2n) is 3.92. The Balaban J connectivity index is 0.000000963. The van der Waals surface area contributed by atoms with Gasteiger partial charge in [-0.2, -0.15) is 0 Å². The molecule has 3 heteroatoms. The minimum absolute atomic E-state index is 0. The van der Waals surface area contributed by atoms with Crippen LogP contribution < -0.4 is 4.90 Å². The van der Waals surface area contributed by atoms with Crippen molar-refractivity contribution in [3.63, 3.8) is 0 Å². The zero-order valence-corrected chi connectivity index (χ0v) is 11.3. The molecule has 0 aliphatic carbocycles. The van der Waals surface area contributed by atoms with Crippen LogP contribution in [0.1, 0.15) is 5.56 Å². The number of nitrogens with zero attached hydrogens (tertiary/aromatic N) is 1. The summed E-state index contributed by atoms with van der Waals surface area (Å²) in [7, 11) is 1.85. The lowest BCUT2D eigenvalue weighted by Crippen LogP contribution is -2.20. The van der Waals surface area contributed by atoms with Crippen LogP contribution in [0.4, 0.5) is 5.69 Å². The van der Waals surface area contributed by atoms with Gasteiger partial charge in [0.2, 0.25) is 5.91 Å². The summed E-state index contributed by atoms with van der Waals surface area (Å²) in [4.78, 5) is 13.4. The fourth-order valence-electron chi connectivity index (χ4n) is 2.25. The molecule has 0 fully saturated rings. The lowest BCUT2D eigenvalue weighted by atomic mass is 10.0. The average molecular weight is 325 g/mol. The molecule has 0 atom stereocenters. The van der Waals surface area contributed by atoms with Gasteiger partial charge < -0.3 is 4.90 Å². The van der Waals surface area contributed by atoms with E-state index in [1.807, 2.05) is 19.2 Å². The molecule has 0 aromatic heterocycles. The lowest BCUT2D eigenvalue weighted by molar-refractivity contribution is -0.117. The number of rotatable bonds is 0. The zero-order valence-electron chi connectivity index (χ0n) is 8.93. The molecular weight excluding hydrogens is 313 g/mol. The standard InChI is InChI=1S/C13H11NO.HI/c1-14-12(15)8-10-7-6-9-4-2-3-5-11(9)13(10)14;/h2-7H,8H2,1H3;1H. The predicted octanol–water partition coefficient (Wildman–Crippen LogP) is 2.98. The molecule has 3 rings (SSSR count). The highest BCUT2D eigenvalue weighted by Crippen LogP contribution is 2.34. The number of benzene rings is 2. The lowest BCUT2D eigenvalue weighted by Gasteiger charge is -2.12. The van der Waals surface area contributed by atoms with Crippen molar-refractivity contribution >= 4 is 46.3 Å².